The Morgan fingerprint density at radius 2 is 2.05 bits per heavy atom. The third-order valence-corrected chi connectivity index (χ3v) is 2.67. The lowest BCUT2D eigenvalue weighted by Gasteiger charge is -2.11. The molecule has 0 saturated carbocycles. The number of rotatable bonds is 10. The van der Waals surface area contributed by atoms with Gasteiger partial charge in [0.25, 0.3) is 5.69 Å². The molecule has 0 heterocycles. The molecule has 21 heavy (non-hydrogen) atoms. The van der Waals surface area contributed by atoms with Crippen LogP contribution in [0.15, 0.2) is 18.2 Å². The summed E-state index contributed by atoms with van der Waals surface area (Å²) < 4.78 is 10.8. The summed E-state index contributed by atoms with van der Waals surface area (Å²) in [6.45, 7) is 4.96. The molecule has 0 saturated heterocycles. The van der Waals surface area contributed by atoms with Gasteiger partial charge in [-0.1, -0.05) is 0 Å². The Morgan fingerprint density at radius 1 is 1.29 bits per heavy atom. The van der Waals surface area contributed by atoms with Crippen LogP contribution >= 0.6 is 0 Å². The van der Waals surface area contributed by atoms with Crippen LogP contribution < -0.4 is 10.1 Å². The number of nitro groups is 1. The van der Waals surface area contributed by atoms with Gasteiger partial charge >= 0.3 is 0 Å². The van der Waals surface area contributed by atoms with E-state index in [-0.39, 0.29) is 5.69 Å². The molecule has 0 spiro atoms. The van der Waals surface area contributed by atoms with Gasteiger partial charge in [0.15, 0.2) is 0 Å². The Bertz CT molecular complexity index is 452. The van der Waals surface area contributed by atoms with Gasteiger partial charge in [-0.3, -0.25) is 10.1 Å². The minimum absolute atomic E-state index is 0.0111. The van der Waals surface area contributed by atoms with Crippen LogP contribution in [0.25, 0.3) is 0 Å². The zero-order valence-electron chi connectivity index (χ0n) is 12.8. The average molecular weight is 297 g/mol. The molecule has 0 amide bonds. The number of benzene rings is 1. The average Bonchev–Trinajstić information content (AvgIpc) is 2.42. The van der Waals surface area contributed by atoms with Gasteiger partial charge in [-0.15, -0.1) is 0 Å². The summed E-state index contributed by atoms with van der Waals surface area (Å²) in [5.41, 5.74) is 0.667. The van der Waals surface area contributed by atoms with Crippen molar-refractivity contribution in [1.82, 2.24) is 4.90 Å². The van der Waals surface area contributed by atoms with Crippen molar-refractivity contribution in [2.45, 2.75) is 6.92 Å². The lowest BCUT2D eigenvalue weighted by atomic mass is 10.2. The Balaban J connectivity index is 2.48. The van der Waals surface area contributed by atoms with Crippen molar-refractivity contribution in [2.75, 3.05) is 52.3 Å². The summed E-state index contributed by atoms with van der Waals surface area (Å²) >= 11 is 0. The van der Waals surface area contributed by atoms with Gasteiger partial charge in [0, 0.05) is 30.9 Å². The third-order valence-electron chi connectivity index (χ3n) is 2.67. The minimum Gasteiger partial charge on any atom is -0.494 e. The number of non-ortho nitro benzene ring substituents is 1. The molecule has 1 aromatic rings. The fourth-order valence-electron chi connectivity index (χ4n) is 1.66. The molecule has 0 aromatic heterocycles. The molecule has 118 valence electrons. The number of hydrogen-bond donors (Lipinski definition) is 1. The second-order valence-electron chi connectivity index (χ2n) is 4.75. The Hall–Kier alpha value is -1.86. The van der Waals surface area contributed by atoms with E-state index >= 15 is 0 Å². The van der Waals surface area contributed by atoms with Crippen LogP contribution in [-0.2, 0) is 4.74 Å². The molecule has 0 aliphatic rings. The van der Waals surface area contributed by atoms with E-state index in [2.05, 4.69) is 5.32 Å². The van der Waals surface area contributed by atoms with E-state index in [4.69, 9.17) is 9.47 Å². The number of likely N-dealkylation sites (N-methyl/N-ethyl adjacent to an activating group) is 1. The summed E-state index contributed by atoms with van der Waals surface area (Å²) in [5, 5.41) is 14.0. The molecule has 1 rings (SSSR count). The van der Waals surface area contributed by atoms with Crippen LogP contribution in [0.4, 0.5) is 11.4 Å². The van der Waals surface area contributed by atoms with E-state index in [1.54, 1.807) is 6.07 Å². The number of nitrogens with zero attached hydrogens (tertiary/aromatic N) is 2. The van der Waals surface area contributed by atoms with Crippen LogP contribution in [0.1, 0.15) is 6.92 Å². The summed E-state index contributed by atoms with van der Waals surface area (Å²) in [4.78, 5) is 12.5. The van der Waals surface area contributed by atoms with E-state index in [9.17, 15) is 10.1 Å². The highest BCUT2D eigenvalue weighted by atomic mass is 16.6. The maximum absolute atomic E-state index is 10.9. The van der Waals surface area contributed by atoms with Crippen LogP contribution in [0.5, 0.6) is 5.75 Å². The van der Waals surface area contributed by atoms with Gasteiger partial charge in [-0.05, 0) is 21.0 Å². The Labute approximate surface area is 125 Å². The zero-order chi connectivity index (χ0) is 15.7. The largest absolute Gasteiger partial charge is 0.494 e. The minimum atomic E-state index is -0.429. The lowest BCUT2D eigenvalue weighted by Crippen LogP contribution is -2.20. The molecular weight excluding hydrogens is 274 g/mol. The smallest absolute Gasteiger partial charge is 0.275 e. The molecule has 7 nitrogen and oxygen atoms in total. The predicted molar refractivity (Wildman–Crippen MR) is 82.1 cm³/mol. The standard InChI is InChI=1S/C14H23N3O4/c1-4-21-14-10-12(9-13(11-14)17(18)19)15-5-7-20-8-6-16(2)3/h9-11,15H,4-8H2,1-3H3. The van der Waals surface area contributed by atoms with Gasteiger partial charge in [0.1, 0.15) is 5.75 Å². The summed E-state index contributed by atoms with van der Waals surface area (Å²) in [6.07, 6.45) is 0. The van der Waals surface area contributed by atoms with Crippen molar-refractivity contribution < 1.29 is 14.4 Å². The highest BCUT2D eigenvalue weighted by Crippen LogP contribution is 2.25. The molecule has 0 radical (unpaired) electrons. The van der Waals surface area contributed by atoms with E-state index < -0.39 is 4.92 Å². The summed E-state index contributed by atoms with van der Waals surface area (Å²) in [7, 11) is 3.97. The first kappa shape index (κ1) is 17.2. The molecule has 0 fully saturated rings. The SMILES string of the molecule is CCOc1cc(NCCOCCN(C)C)cc([N+](=O)[O-])c1. The van der Waals surface area contributed by atoms with Crippen LogP contribution in [-0.4, -0.2) is 56.8 Å². The molecule has 0 aliphatic heterocycles. The second-order valence-corrected chi connectivity index (χ2v) is 4.75. The highest BCUT2D eigenvalue weighted by Gasteiger charge is 2.10. The van der Waals surface area contributed by atoms with Crippen molar-refractivity contribution in [1.29, 1.82) is 0 Å². The van der Waals surface area contributed by atoms with Gasteiger partial charge < -0.3 is 19.7 Å². The van der Waals surface area contributed by atoms with Gasteiger partial charge in [0.2, 0.25) is 0 Å². The van der Waals surface area contributed by atoms with Crippen LogP contribution in [0.2, 0.25) is 0 Å². The fraction of sp³-hybridized carbons (Fsp3) is 0.571. The van der Waals surface area contributed by atoms with Crippen molar-refractivity contribution in [2.24, 2.45) is 0 Å². The van der Waals surface area contributed by atoms with Crippen LogP contribution in [0, 0.1) is 10.1 Å². The molecule has 1 N–H and O–H groups in total. The van der Waals surface area contributed by atoms with E-state index in [0.717, 1.165) is 6.54 Å². The quantitative estimate of drug-likeness (QED) is 0.404. The summed E-state index contributed by atoms with van der Waals surface area (Å²) in [6, 6.07) is 4.65. The van der Waals surface area contributed by atoms with Gasteiger partial charge in [0.05, 0.1) is 30.8 Å². The number of hydrogen-bond acceptors (Lipinski definition) is 6. The second kappa shape index (κ2) is 9.15. The van der Waals surface area contributed by atoms with Crippen molar-refractivity contribution in [3.63, 3.8) is 0 Å². The maximum Gasteiger partial charge on any atom is 0.275 e. The van der Waals surface area contributed by atoms with Crippen molar-refractivity contribution in [3.8, 4) is 5.75 Å². The summed E-state index contributed by atoms with van der Waals surface area (Å²) in [5.74, 6) is 0.489. The monoisotopic (exact) mass is 297 g/mol. The lowest BCUT2D eigenvalue weighted by molar-refractivity contribution is -0.384. The molecule has 0 atom stereocenters. The van der Waals surface area contributed by atoms with Gasteiger partial charge in [-0.2, -0.15) is 0 Å². The molecule has 0 aliphatic carbocycles. The zero-order valence-corrected chi connectivity index (χ0v) is 12.8. The first-order chi connectivity index (χ1) is 10.0. The first-order valence-electron chi connectivity index (χ1n) is 6.91. The number of anilines is 1. The highest BCUT2D eigenvalue weighted by molar-refractivity contribution is 5.56. The maximum atomic E-state index is 10.9. The van der Waals surface area contributed by atoms with Gasteiger partial charge in [-0.25, -0.2) is 0 Å². The van der Waals surface area contributed by atoms with Crippen molar-refractivity contribution >= 4 is 11.4 Å². The molecule has 1 aromatic carbocycles. The fourth-order valence-corrected chi connectivity index (χ4v) is 1.66. The molecular formula is C14H23N3O4. The third kappa shape index (κ3) is 6.92. The van der Waals surface area contributed by atoms with Crippen LogP contribution in [0.3, 0.4) is 0 Å². The molecule has 0 unspecified atom stereocenters. The van der Waals surface area contributed by atoms with E-state index in [1.807, 2.05) is 25.9 Å². The predicted octanol–water partition coefficient (Wildman–Crippen LogP) is 1.98. The first-order valence-corrected chi connectivity index (χ1v) is 6.91. The Kier molecular flexibility index (Phi) is 7.49. The van der Waals surface area contributed by atoms with E-state index in [0.29, 0.717) is 37.8 Å². The number of ether oxygens (including phenoxy) is 2. The van der Waals surface area contributed by atoms with Crippen molar-refractivity contribution in [3.05, 3.63) is 28.3 Å². The number of nitro benzene ring substituents is 1. The topological polar surface area (TPSA) is 76.9 Å². The molecule has 0 bridgehead atoms. The number of nitrogens with one attached hydrogen (secondary N) is 1. The normalized spacial score (nSPS) is 10.7. The van der Waals surface area contributed by atoms with E-state index in [1.165, 1.54) is 12.1 Å². The molecule has 7 heteroatoms. The Morgan fingerprint density at radius 3 is 2.67 bits per heavy atom.